The van der Waals surface area contributed by atoms with Gasteiger partial charge < -0.3 is 9.22 Å². The van der Waals surface area contributed by atoms with Crippen LogP contribution < -0.4 is 0 Å². The lowest BCUT2D eigenvalue weighted by atomic mass is 9.56. The molecule has 6 heteroatoms. The lowest BCUT2D eigenvalue weighted by molar-refractivity contribution is -0.916. The van der Waals surface area contributed by atoms with Crippen LogP contribution in [0.3, 0.4) is 0 Å². The Kier molecular flexibility index (Phi) is 5.78. The maximum Gasteiger partial charge on any atom is 0.162 e. The highest BCUT2D eigenvalue weighted by Crippen LogP contribution is 2.58. The highest BCUT2D eigenvalue weighted by molar-refractivity contribution is 14.0. The summed E-state index contributed by atoms with van der Waals surface area (Å²) >= 11 is -1.09. The van der Waals surface area contributed by atoms with Crippen LogP contribution in [0.4, 0.5) is 0 Å². The molecule has 23 heavy (non-hydrogen) atoms. The van der Waals surface area contributed by atoms with E-state index >= 15 is 0 Å². The fraction of sp³-hybridized carbons (Fsp3) is 1.00. The van der Waals surface area contributed by atoms with Gasteiger partial charge in [0.05, 0.1) is 25.0 Å². The molecule has 0 N–H and O–H groups in total. The molecule has 1 atom stereocenters. The Labute approximate surface area is 159 Å². The summed E-state index contributed by atoms with van der Waals surface area (Å²) in [6.45, 7) is 5.37. The molecule has 4 saturated carbocycles. The van der Waals surface area contributed by atoms with Crippen molar-refractivity contribution in [1.29, 1.82) is 0 Å². The topological polar surface area (TPSA) is 35.5 Å². The van der Waals surface area contributed by atoms with E-state index in [4.69, 9.17) is 8.92 Å². The minimum atomic E-state index is -1.09. The number of ether oxygens (including phenoxy) is 1. The quantitative estimate of drug-likeness (QED) is 0.472. The molecule has 0 radical (unpaired) electrons. The highest BCUT2D eigenvalue weighted by Gasteiger charge is 2.54. The van der Waals surface area contributed by atoms with E-state index in [2.05, 4.69) is 7.05 Å². The first kappa shape index (κ1) is 18.5. The van der Waals surface area contributed by atoms with Gasteiger partial charge in [-0.1, -0.05) is 0 Å². The Morgan fingerprint density at radius 2 is 1.61 bits per heavy atom. The van der Waals surface area contributed by atoms with E-state index in [1.807, 2.05) is 0 Å². The van der Waals surface area contributed by atoms with Gasteiger partial charge in [0.15, 0.2) is 11.1 Å². The number of rotatable bonds is 5. The normalized spacial score (nSPS) is 42.2. The molecule has 5 rings (SSSR count). The van der Waals surface area contributed by atoms with Crippen molar-refractivity contribution in [3.8, 4) is 0 Å². The summed E-state index contributed by atoms with van der Waals surface area (Å²) in [7, 11) is 2.26. The first-order valence-corrected chi connectivity index (χ1v) is 10.1. The molecule has 1 heterocycles. The molecule has 1 unspecified atom stereocenters. The fourth-order valence-corrected chi connectivity index (χ4v) is 7.29. The third-order valence-corrected chi connectivity index (χ3v) is 8.30. The molecule has 5 aliphatic rings. The second-order valence-electron chi connectivity index (χ2n) is 8.56. The predicted octanol–water partition coefficient (Wildman–Crippen LogP) is 2.73. The lowest BCUT2D eigenvalue weighted by Crippen LogP contribution is -2.55. The molecule has 4 bridgehead atoms. The summed E-state index contributed by atoms with van der Waals surface area (Å²) in [6, 6.07) is 0. The van der Waals surface area contributed by atoms with Gasteiger partial charge >= 0.3 is 0 Å². The summed E-state index contributed by atoms with van der Waals surface area (Å²) in [5.74, 6) is 2.51. The number of likely N-dealkylation sites (N-methyl/N-ethyl adjacent to an activating group) is 1. The van der Waals surface area contributed by atoms with Crippen LogP contribution in [0.2, 0.25) is 0 Å². The van der Waals surface area contributed by atoms with E-state index in [0.717, 1.165) is 74.3 Å². The van der Waals surface area contributed by atoms with Crippen LogP contribution in [0.25, 0.3) is 0 Å². The van der Waals surface area contributed by atoms with Crippen molar-refractivity contribution < 1.29 is 17.6 Å². The first-order valence-electron chi connectivity index (χ1n) is 9.03. The lowest BCUT2D eigenvalue weighted by Gasteiger charge is -2.55. The number of halogens is 1. The van der Waals surface area contributed by atoms with Crippen LogP contribution in [0.15, 0.2) is 0 Å². The summed E-state index contributed by atoms with van der Waals surface area (Å²) in [5.41, 5.74) is 0. The van der Waals surface area contributed by atoms with Gasteiger partial charge in [-0.15, -0.1) is 24.0 Å². The number of hydrogen-bond acceptors (Lipinski definition) is 3. The van der Waals surface area contributed by atoms with E-state index in [0.29, 0.717) is 6.61 Å². The van der Waals surface area contributed by atoms with Crippen molar-refractivity contribution in [3.05, 3.63) is 0 Å². The molecule has 4 nitrogen and oxygen atoms in total. The summed E-state index contributed by atoms with van der Waals surface area (Å²) < 4.78 is 25.3. The van der Waals surface area contributed by atoms with Crippen LogP contribution in [-0.4, -0.2) is 59.9 Å². The third kappa shape index (κ3) is 3.81. The van der Waals surface area contributed by atoms with Gasteiger partial charge in [-0.05, 0) is 56.3 Å². The molecule has 0 aromatic rings. The van der Waals surface area contributed by atoms with E-state index in [1.54, 1.807) is 0 Å². The fourth-order valence-electron chi connectivity index (χ4n) is 5.70. The second-order valence-corrected chi connectivity index (χ2v) is 10.1. The van der Waals surface area contributed by atoms with Crippen LogP contribution in [0, 0.1) is 17.8 Å². The minimum absolute atomic E-state index is 0. The van der Waals surface area contributed by atoms with Crippen LogP contribution in [-0.2, 0) is 20.0 Å². The average molecular weight is 456 g/mol. The molecule has 0 aromatic heterocycles. The van der Waals surface area contributed by atoms with Crippen LogP contribution in [0.5, 0.6) is 0 Å². The van der Waals surface area contributed by atoms with Gasteiger partial charge in [-0.2, -0.15) is 0 Å². The Hall–Kier alpha value is 0.760. The maximum atomic E-state index is 12.9. The number of nitrogens with zero attached hydrogens (tertiary/aromatic N) is 1. The van der Waals surface area contributed by atoms with Crippen LogP contribution >= 0.6 is 24.0 Å². The summed E-state index contributed by atoms with van der Waals surface area (Å²) in [5, 5.41) is 0. The van der Waals surface area contributed by atoms with E-state index in [9.17, 15) is 4.21 Å². The zero-order valence-electron chi connectivity index (χ0n) is 14.2. The number of morpholine rings is 1. The summed E-state index contributed by atoms with van der Waals surface area (Å²) in [6.07, 6.45) is 7.66. The standard InChI is InChI=1S/C17H30NO3S.HI/c1-18(2-5-20-6-3-18)4-7-21-22(19)17-11-14-8-15(12-17)10-16(9-14)13-17;/h14-16H,2-13H2,1H3;1H/q+1;. The smallest absolute Gasteiger partial charge is 0.162 e. The molecule has 0 aromatic carbocycles. The molecule has 4 aliphatic carbocycles. The monoisotopic (exact) mass is 456 g/mol. The molecule has 0 amide bonds. The molecular weight excluding hydrogens is 425 g/mol. The van der Waals surface area contributed by atoms with Crippen molar-refractivity contribution in [2.24, 2.45) is 17.8 Å². The summed E-state index contributed by atoms with van der Waals surface area (Å²) in [4.78, 5) is 0. The van der Waals surface area contributed by atoms with E-state index < -0.39 is 11.1 Å². The van der Waals surface area contributed by atoms with Crippen molar-refractivity contribution in [3.63, 3.8) is 0 Å². The van der Waals surface area contributed by atoms with Crippen LogP contribution in [0.1, 0.15) is 38.5 Å². The van der Waals surface area contributed by atoms with Crippen molar-refractivity contribution in [2.75, 3.05) is 46.5 Å². The molecule has 0 spiro atoms. The Morgan fingerprint density at radius 1 is 1.09 bits per heavy atom. The Bertz CT molecular complexity index is 418. The first-order chi connectivity index (χ1) is 10.6. The Balaban J connectivity index is 0.00000156. The average Bonchev–Trinajstić information content (AvgIpc) is 2.46. The van der Waals surface area contributed by atoms with E-state index in [-0.39, 0.29) is 28.7 Å². The second kappa shape index (κ2) is 7.17. The molecular formula is C17H31INO3S+. The van der Waals surface area contributed by atoms with Crippen molar-refractivity contribution in [2.45, 2.75) is 43.3 Å². The van der Waals surface area contributed by atoms with Gasteiger partial charge in [0, 0.05) is 0 Å². The van der Waals surface area contributed by atoms with E-state index in [1.165, 1.54) is 19.3 Å². The zero-order valence-corrected chi connectivity index (χ0v) is 17.4. The zero-order chi connectivity index (χ0) is 15.2. The minimum Gasteiger partial charge on any atom is -0.370 e. The molecule has 134 valence electrons. The van der Waals surface area contributed by atoms with Crippen molar-refractivity contribution in [1.82, 2.24) is 0 Å². The van der Waals surface area contributed by atoms with Gasteiger partial charge in [0.1, 0.15) is 26.2 Å². The van der Waals surface area contributed by atoms with Gasteiger partial charge in [-0.3, -0.25) is 4.18 Å². The maximum absolute atomic E-state index is 12.9. The van der Waals surface area contributed by atoms with Gasteiger partial charge in [-0.25, -0.2) is 4.21 Å². The number of quaternary nitrogens is 1. The highest BCUT2D eigenvalue weighted by atomic mass is 127. The van der Waals surface area contributed by atoms with Gasteiger partial charge in [0.25, 0.3) is 0 Å². The largest absolute Gasteiger partial charge is 0.370 e. The van der Waals surface area contributed by atoms with Gasteiger partial charge in [0.2, 0.25) is 0 Å². The number of hydrogen-bond donors (Lipinski definition) is 0. The molecule has 1 saturated heterocycles. The third-order valence-electron chi connectivity index (χ3n) is 6.71. The molecule has 5 fully saturated rings. The Morgan fingerprint density at radius 3 is 2.13 bits per heavy atom. The molecule has 1 aliphatic heterocycles. The SMILES string of the molecule is C[N+]1(CCOS(=O)C23CC4CC(CC(C4)C2)C3)CCOCC1.I. The van der Waals surface area contributed by atoms with Crippen molar-refractivity contribution >= 4 is 35.1 Å². The predicted molar refractivity (Wildman–Crippen MR) is 102 cm³/mol.